The molecule has 3 aromatic carbocycles. The molecule has 3 aromatic rings. The average Bonchev–Trinajstić information content (AvgIpc) is 2.71. The molecule has 0 atom stereocenters. The van der Waals surface area contributed by atoms with E-state index < -0.39 is 20.0 Å². The Labute approximate surface area is 180 Å². The molecule has 30 heavy (non-hydrogen) atoms. The van der Waals surface area contributed by atoms with Gasteiger partial charge in [-0.05, 0) is 61.0 Å². The molecule has 154 valence electrons. The van der Waals surface area contributed by atoms with Crippen molar-refractivity contribution in [2.75, 3.05) is 9.44 Å². The van der Waals surface area contributed by atoms with E-state index in [2.05, 4.69) is 9.44 Å². The molecule has 0 aliphatic heterocycles. The summed E-state index contributed by atoms with van der Waals surface area (Å²) in [6, 6.07) is 17.7. The highest BCUT2D eigenvalue weighted by molar-refractivity contribution is 7.93. The van der Waals surface area contributed by atoms with E-state index in [1.54, 1.807) is 31.2 Å². The van der Waals surface area contributed by atoms with Crippen molar-refractivity contribution in [1.29, 1.82) is 5.26 Å². The fourth-order valence-corrected chi connectivity index (χ4v) is 5.14. The van der Waals surface area contributed by atoms with E-state index >= 15 is 0 Å². The van der Waals surface area contributed by atoms with Crippen LogP contribution in [0, 0.1) is 18.3 Å². The van der Waals surface area contributed by atoms with Gasteiger partial charge in [0.15, 0.2) is 0 Å². The Hall–Kier alpha value is -3.06. The highest BCUT2D eigenvalue weighted by Crippen LogP contribution is 2.26. The normalized spacial score (nSPS) is 11.5. The first-order chi connectivity index (χ1) is 14.1. The summed E-state index contributed by atoms with van der Waals surface area (Å²) < 4.78 is 55.2. The first-order valence-electron chi connectivity index (χ1n) is 8.54. The van der Waals surface area contributed by atoms with Gasteiger partial charge >= 0.3 is 0 Å². The Balaban J connectivity index is 1.84. The molecular formula is C20H16ClN3O4S2. The second kappa shape index (κ2) is 8.36. The summed E-state index contributed by atoms with van der Waals surface area (Å²) >= 11 is 6.02. The molecule has 0 radical (unpaired) electrons. The summed E-state index contributed by atoms with van der Waals surface area (Å²) in [4.78, 5) is -0.218. The lowest BCUT2D eigenvalue weighted by Gasteiger charge is -2.13. The Morgan fingerprint density at radius 2 is 1.50 bits per heavy atom. The average molecular weight is 462 g/mol. The number of nitrogens with one attached hydrogen (secondary N) is 2. The van der Waals surface area contributed by atoms with Gasteiger partial charge in [-0.15, -0.1) is 0 Å². The molecule has 10 heteroatoms. The van der Waals surface area contributed by atoms with E-state index in [9.17, 15) is 16.8 Å². The van der Waals surface area contributed by atoms with Gasteiger partial charge in [-0.25, -0.2) is 16.8 Å². The van der Waals surface area contributed by atoms with Gasteiger partial charge in [-0.3, -0.25) is 9.44 Å². The number of anilines is 2. The topological polar surface area (TPSA) is 116 Å². The highest BCUT2D eigenvalue weighted by atomic mass is 35.5. The molecule has 0 bridgehead atoms. The van der Waals surface area contributed by atoms with E-state index in [4.69, 9.17) is 16.9 Å². The molecule has 7 nitrogen and oxygen atoms in total. The lowest BCUT2D eigenvalue weighted by molar-refractivity contribution is 0.600. The summed E-state index contributed by atoms with van der Waals surface area (Å²) in [6.07, 6.45) is 0. The zero-order valence-corrected chi connectivity index (χ0v) is 18.0. The van der Waals surface area contributed by atoms with E-state index in [-0.39, 0.29) is 21.0 Å². The summed E-state index contributed by atoms with van der Waals surface area (Å²) in [6.45, 7) is 1.69. The molecule has 3 rings (SSSR count). The number of rotatable bonds is 6. The van der Waals surface area contributed by atoms with Crippen molar-refractivity contribution >= 4 is 43.0 Å². The van der Waals surface area contributed by atoms with Gasteiger partial charge in [0.05, 0.1) is 16.1 Å². The smallest absolute Gasteiger partial charge is 0.263 e. The van der Waals surface area contributed by atoms with Crippen molar-refractivity contribution in [3.05, 3.63) is 82.9 Å². The minimum atomic E-state index is -4.02. The number of nitrogens with zero attached hydrogens (tertiary/aromatic N) is 1. The van der Waals surface area contributed by atoms with Crippen molar-refractivity contribution in [3.8, 4) is 6.07 Å². The van der Waals surface area contributed by atoms with E-state index in [0.29, 0.717) is 16.3 Å². The van der Waals surface area contributed by atoms with E-state index in [1.165, 1.54) is 42.5 Å². The van der Waals surface area contributed by atoms with Crippen LogP contribution in [0.1, 0.15) is 11.1 Å². The maximum atomic E-state index is 12.6. The largest absolute Gasteiger partial charge is 0.280 e. The van der Waals surface area contributed by atoms with Crippen LogP contribution in [0.15, 0.2) is 76.5 Å². The molecule has 0 unspecified atom stereocenters. The molecule has 0 saturated carbocycles. The minimum absolute atomic E-state index is 0.00490. The molecule has 0 heterocycles. The van der Waals surface area contributed by atoms with Crippen LogP contribution in [0.25, 0.3) is 0 Å². The quantitative estimate of drug-likeness (QED) is 0.572. The third-order valence-electron chi connectivity index (χ3n) is 4.23. The van der Waals surface area contributed by atoms with Crippen molar-refractivity contribution < 1.29 is 16.8 Å². The van der Waals surface area contributed by atoms with Crippen LogP contribution in [0.4, 0.5) is 11.4 Å². The minimum Gasteiger partial charge on any atom is -0.280 e. The summed E-state index contributed by atoms with van der Waals surface area (Å²) in [5.74, 6) is 0. The predicted octanol–water partition coefficient (Wildman–Crippen LogP) is 4.12. The number of halogens is 1. The van der Waals surface area contributed by atoms with Gasteiger partial charge in [0.25, 0.3) is 20.0 Å². The summed E-state index contributed by atoms with van der Waals surface area (Å²) in [7, 11) is -7.92. The SMILES string of the molecule is Cc1c(Cl)cccc1NS(=O)(=O)c1ccc(NS(=O)(=O)c2ccccc2C#N)cc1. The predicted molar refractivity (Wildman–Crippen MR) is 115 cm³/mol. The second-order valence-corrected chi connectivity index (χ2v) is 10.00. The van der Waals surface area contributed by atoms with Gasteiger partial charge in [0.1, 0.15) is 11.0 Å². The number of hydrogen-bond acceptors (Lipinski definition) is 5. The van der Waals surface area contributed by atoms with E-state index in [1.807, 2.05) is 6.07 Å². The molecule has 2 N–H and O–H groups in total. The molecule has 0 saturated heterocycles. The third-order valence-corrected chi connectivity index (χ3v) is 7.46. The molecule has 0 aromatic heterocycles. The van der Waals surface area contributed by atoms with Crippen LogP contribution in [0.5, 0.6) is 0 Å². The Kier molecular flexibility index (Phi) is 6.03. The fraction of sp³-hybridized carbons (Fsp3) is 0.0500. The lowest BCUT2D eigenvalue weighted by atomic mass is 10.2. The van der Waals surface area contributed by atoms with Gasteiger partial charge in [-0.1, -0.05) is 29.8 Å². The number of benzene rings is 3. The third kappa shape index (κ3) is 4.57. The number of hydrogen-bond donors (Lipinski definition) is 2. The second-order valence-electron chi connectivity index (χ2n) is 6.26. The lowest BCUT2D eigenvalue weighted by Crippen LogP contribution is -2.15. The fourth-order valence-electron chi connectivity index (χ4n) is 2.63. The van der Waals surface area contributed by atoms with Gasteiger partial charge in [-0.2, -0.15) is 5.26 Å². The molecular weight excluding hydrogens is 446 g/mol. The van der Waals surface area contributed by atoms with Crippen LogP contribution in [0.3, 0.4) is 0 Å². The summed E-state index contributed by atoms with van der Waals surface area (Å²) in [5, 5.41) is 9.54. The Morgan fingerprint density at radius 3 is 2.17 bits per heavy atom. The van der Waals surface area contributed by atoms with Gasteiger partial charge in [0, 0.05) is 10.7 Å². The van der Waals surface area contributed by atoms with Crippen LogP contribution in [-0.4, -0.2) is 16.8 Å². The summed E-state index contributed by atoms with van der Waals surface area (Å²) in [5.41, 5.74) is 1.09. The van der Waals surface area contributed by atoms with Gasteiger partial charge < -0.3 is 0 Å². The first kappa shape index (κ1) is 21.6. The van der Waals surface area contributed by atoms with Crippen molar-refractivity contribution in [3.63, 3.8) is 0 Å². The van der Waals surface area contributed by atoms with E-state index in [0.717, 1.165) is 0 Å². The van der Waals surface area contributed by atoms with Crippen molar-refractivity contribution in [2.45, 2.75) is 16.7 Å². The van der Waals surface area contributed by atoms with Crippen LogP contribution >= 0.6 is 11.6 Å². The molecule has 0 fully saturated rings. The highest BCUT2D eigenvalue weighted by Gasteiger charge is 2.20. The van der Waals surface area contributed by atoms with Crippen LogP contribution < -0.4 is 9.44 Å². The van der Waals surface area contributed by atoms with Crippen molar-refractivity contribution in [2.24, 2.45) is 0 Å². The zero-order valence-electron chi connectivity index (χ0n) is 15.6. The Bertz CT molecular complexity index is 1350. The molecule has 0 amide bonds. The number of sulfonamides is 2. The number of nitriles is 1. The van der Waals surface area contributed by atoms with Crippen LogP contribution in [0.2, 0.25) is 5.02 Å². The maximum absolute atomic E-state index is 12.6. The molecule has 0 aliphatic carbocycles. The first-order valence-corrected chi connectivity index (χ1v) is 11.9. The zero-order chi connectivity index (χ0) is 21.9. The van der Waals surface area contributed by atoms with Crippen molar-refractivity contribution in [1.82, 2.24) is 0 Å². The molecule has 0 aliphatic rings. The Morgan fingerprint density at radius 1 is 0.833 bits per heavy atom. The van der Waals surface area contributed by atoms with Crippen LogP contribution in [-0.2, 0) is 20.0 Å². The standard InChI is InChI=1S/C20H16ClN3O4S2/c1-14-18(21)6-4-7-19(14)24-29(25,26)17-11-9-16(10-12-17)23-30(27,28)20-8-3-2-5-15(20)13-22/h2-12,23-24H,1H3. The van der Waals surface area contributed by atoms with Gasteiger partial charge in [0.2, 0.25) is 0 Å². The monoisotopic (exact) mass is 461 g/mol. The molecule has 0 spiro atoms. The maximum Gasteiger partial charge on any atom is 0.263 e.